The standard InChI is InChI=1S/C62H38/c1-4-42-19-22-47-24-30-50(55-34-27-44(6-1)59(42)61(47)55)38-12-10-37(11-13-38)49-29-32-52(57(36-49)53-33-26-46-21-18-41-8-3-9-54(53)58(41)46)40-16-14-39(15-17-40)51-31-25-48-23-20-43-5-2-7-45-28-35-56(51)62(48)60(43)45/h1-17,19-20,22-36H,18,21H2. The summed E-state index contributed by atoms with van der Waals surface area (Å²) in [5, 5.41) is 18.6. The van der Waals surface area contributed by atoms with Crippen LogP contribution in [-0.2, 0) is 12.8 Å². The van der Waals surface area contributed by atoms with Crippen LogP contribution in [0.3, 0.4) is 0 Å². The maximum Gasteiger partial charge on any atom is -0.00206 e. The molecule has 0 saturated heterocycles. The van der Waals surface area contributed by atoms with Crippen LogP contribution in [-0.4, -0.2) is 0 Å². The fourth-order valence-corrected chi connectivity index (χ4v) is 11.3. The van der Waals surface area contributed by atoms with Gasteiger partial charge in [-0.3, -0.25) is 0 Å². The van der Waals surface area contributed by atoms with Crippen molar-refractivity contribution in [2.75, 3.05) is 0 Å². The largest absolute Gasteiger partial charge is 0.0613 e. The van der Waals surface area contributed by atoms with E-state index in [1.165, 1.54) is 142 Å². The number of benzene rings is 13. The molecule has 0 atom stereocenters. The third-order valence-electron chi connectivity index (χ3n) is 14.3. The van der Waals surface area contributed by atoms with Gasteiger partial charge in [-0.25, -0.2) is 0 Å². The summed E-state index contributed by atoms with van der Waals surface area (Å²) in [6.07, 6.45) is 2.23. The Balaban J connectivity index is 0.890. The average molecular weight is 783 g/mol. The van der Waals surface area contributed by atoms with Gasteiger partial charge in [0.05, 0.1) is 0 Å². The minimum Gasteiger partial charge on any atom is -0.0613 e. The van der Waals surface area contributed by atoms with Crippen molar-refractivity contribution in [3.05, 3.63) is 217 Å². The van der Waals surface area contributed by atoms with Crippen LogP contribution in [0.5, 0.6) is 0 Å². The molecular formula is C62H38. The van der Waals surface area contributed by atoms with Crippen LogP contribution in [0.4, 0.5) is 0 Å². The van der Waals surface area contributed by atoms with Crippen molar-refractivity contribution in [1.82, 2.24) is 0 Å². The summed E-state index contributed by atoms with van der Waals surface area (Å²) in [6.45, 7) is 0. The molecule has 0 bridgehead atoms. The maximum atomic E-state index is 2.44. The predicted molar refractivity (Wildman–Crippen MR) is 266 cm³/mol. The monoisotopic (exact) mass is 782 g/mol. The maximum absolute atomic E-state index is 2.44. The summed E-state index contributed by atoms with van der Waals surface area (Å²) in [4.78, 5) is 0. The third-order valence-corrected chi connectivity index (χ3v) is 14.3. The van der Waals surface area contributed by atoms with E-state index in [9.17, 15) is 0 Å². The Kier molecular flexibility index (Phi) is 7.04. The van der Waals surface area contributed by atoms with E-state index in [2.05, 4.69) is 206 Å². The number of rotatable bonds is 5. The molecule has 62 heavy (non-hydrogen) atoms. The van der Waals surface area contributed by atoms with Crippen molar-refractivity contribution in [1.29, 1.82) is 0 Å². The first-order valence-corrected chi connectivity index (χ1v) is 21.9. The van der Waals surface area contributed by atoms with E-state index in [1.807, 2.05) is 0 Å². The van der Waals surface area contributed by atoms with Crippen LogP contribution < -0.4 is 0 Å². The van der Waals surface area contributed by atoms with Gasteiger partial charge in [0, 0.05) is 0 Å². The lowest BCUT2D eigenvalue weighted by Crippen LogP contribution is -1.91. The lowest BCUT2D eigenvalue weighted by atomic mass is 9.86. The number of aryl methyl sites for hydroxylation is 2. The quantitative estimate of drug-likeness (QED) is 0.153. The third kappa shape index (κ3) is 4.89. The van der Waals surface area contributed by atoms with Crippen LogP contribution in [0.25, 0.3) is 131 Å². The average Bonchev–Trinajstić information content (AvgIpc) is 3.77. The van der Waals surface area contributed by atoms with Gasteiger partial charge in [0.2, 0.25) is 0 Å². The van der Waals surface area contributed by atoms with Gasteiger partial charge in [0.1, 0.15) is 0 Å². The molecule has 0 unspecified atom stereocenters. The zero-order chi connectivity index (χ0) is 40.5. The molecule has 0 aliphatic heterocycles. The normalized spacial score (nSPS) is 12.7. The van der Waals surface area contributed by atoms with Crippen LogP contribution in [0.2, 0.25) is 0 Å². The van der Waals surface area contributed by atoms with E-state index < -0.39 is 0 Å². The molecule has 0 heteroatoms. The molecule has 0 amide bonds. The molecule has 0 radical (unpaired) electrons. The summed E-state index contributed by atoms with van der Waals surface area (Å²) in [6, 6.07) is 78.0. The van der Waals surface area contributed by atoms with Gasteiger partial charge in [-0.2, -0.15) is 0 Å². The van der Waals surface area contributed by atoms with Gasteiger partial charge in [-0.05, 0) is 161 Å². The van der Waals surface area contributed by atoms with Crippen molar-refractivity contribution < 1.29 is 0 Å². The zero-order valence-electron chi connectivity index (χ0n) is 34.0. The highest BCUT2D eigenvalue weighted by Gasteiger charge is 2.20. The molecule has 0 fully saturated rings. The van der Waals surface area contributed by atoms with Gasteiger partial charge in [-0.1, -0.05) is 200 Å². The highest BCUT2D eigenvalue weighted by atomic mass is 14.2. The molecule has 0 nitrogen and oxygen atoms in total. The van der Waals surface area contributed by atoms with Gasteiger partial charge in [0.25, 0.3) is 0 Å². The summed E-state index contributed by atoms with van der Waals surface area (Å²) in [5.74, 6) is 0. The Bertz CT molecular complexity index is 3900. The lowest BCUT2D eigenvalue weighted by Gasteiger charge is -2.17. The molecule has 14 rings (SSSR count). The molecule has 1 aliphatic carbocycles. The van der Waals surface area contributed by atoms with Crippen molar-refractivity contribution in [3.63, 3.8) is 0 Å². The Labute approximate surface area is 359 Å². The lowest BCUT2D eigenvalue weighted by molar-refractivity contribution is 1.02. The van der Waals surface area contributed by atoms with Crippen molar-refractivity contribution in [2.45, 2.75) is 12.8 Å². The fourth-order valence-electron chi connectivity index (χ4n) is 11.3. The molecular weight excluding hydrogens is 745 g/mol. The van der Waals surface area contributed by atoms with Crippen LogP contribution >= 0.6 is 0 Å². The molecule has 0 heterocycles. The van der Waals surface area contributed by atoms with Gasteiger partial charge in [0.15, 0.2) is 0 Å². The molecule has 0 aromatic heterocycles. The first-order chi connectivity index (χ1) is 30.7. The zero-order valence-corrected chi connectivity index (χ0v) is 34.0. The molecule has 13 aromatic carbocycles. The Morgan fingerprint density at radius 1 is 0.210 bits per heavy atom. The molecule has 0 saturated carbocycles. The van der Waals surface area contributed by atoms with E-state index in [0.29, 0.717) is 0 Å². The number of hydrogen-bond acceptors (Lipinski definition) is 0. The van der Waals surface area contributed by atoms with E-state index in [1.54, 1.807) is 0 Å². The fraction of sp³-hybridized carbons (Fsp3) is 0.0323. The second-order valence-electron chi connectivity index (χ2n) is 17.5. The summed E-state index contributed by atoms with van der Waals surface area (Å²) in [5.41, 5.74) is 15.4. The Morgan fingerprint density at radius 3 is 1.16 bits per heavy atom. The summed E-state index contributed by atoms with van der Waals surface area (Å²) < 4.78 is 0. The Morgan fingerprint density at radius 2 is 0.597 bits per heavy atom. The molecule has 13 aromatic rings. The minimum absolute atomic E-state index is 1.12. The van der Waals surface area contributed by atoms with Gasteiger partial charge < -0.3 is 0 Å². The minimum atomic E-state index is 1.12. The summed E-state index contributed by atoms with van der Waals surface area (Å²) >= 11 is 0. The SMILES string of the molecule is c1cc2ccc3ccc(-c4ccc(-c5ccc(-c6ccc(-c7ccc8ccc9cccc%10ccc7c8c9%10)cc6)c(-c6ccc7c8c(cccc68)CC7)c5)cc4)c4ccc(c1)c2c34. The van der Waals surface area contributed by atoms with Gasteiger partial charge >= 0.3 is 0 Å². The van der Waals surface area contributed by atoms with Crippen molar-refractivity contribution in [3.8, 4) is 55.6 Å². The van der Waals surface area contributed by atoms with Crippen molar-refractivity contribution in [2.24, 2.45) is 0 Å². The summed E-state index contributed by atoms with van der Waals surface area (Å²) in [7, 11) is 0. The van der Waals surface area contributed by atoms with E-state index in [-0.39, 0.29) is 0 Å². The molecule has 286 valence electrons. The topological polar surface area (TPSA) is 0 Å². The molecule has 0 spiro atoms. The molecule has 1 aliphatic rings. The highest BCUT2D eigenvalue weighted by Crippen LogP contribution is 2.45. The van der Waals surface area contributed by atoms with Gasteiger partial charge in [-0.15, -0.1) is 0 Å². The molecule has 0 N–H and O–H groups in total. The second kappa shape index (κ2) is 12.9. The van der Waals surface area contributed by atoms with Crippen LogP contribution in [0.15, 0.2) is 206 Å². The second-order valence-corrected chi connectivity index (χ2v) is 17.5. The van der Waals surface area contributed by atoms with Crippen molar-refractivity contribution >= 4 is 75.4 Å². The van der Waals surface area contributed by atoms with Crippen LogP contribution in [0, 0.1) is 0 Å². The Hall–Kier alpha value is -7.80. The predicted octanol–water partition coefficient (Wildman–Crippen LogP) is 17.1. The first kappa shape index (κ1) is 34.0. The smallest absolute Gasteiger partial charge is 0.00206 e. The van der Waals surface area contributed by atoms with E-state index in [4.69, 9.17) is 0 Å². The first-order valence-electron chi connectivity index (χ1n) is 21.9. The number of hydrogen-bond donors (Lipinski definition) is 0. The van der Waals surface area contributed by atoms with Crippen LogP contribution in [0.1, 0.15) is 11.1 Å². The van der Waals surface area contributed by atoms with E-state index >= 15 is 0 Å². The van der Waals surface area contributed by atoms with E-state index in [0.717, 1.165) is 12.8 Å². The highest BCUT2D eigenvalue weighted by molar-refractivity contribution is 6.26.